The minimum absolute atomic E-state index is 0.0214. The van der Waals surface area contributed by atoms with Crippen molar-refractivity contribution in [1.82, 2.24) is 24.3 Å². The Morgan fingerprint density at radius 1 is 1.15 bits per heavy atom. The van der Waals surface area contributed by atoms with Gasteiger partial charge in [-0.2, -0.15) is 0 Å². The molecular formula is C25H30ClN5O2. The van der Waals surface area contributed by atoms with Crippen molar-refractivity contribution in [2.45, 2.75) is 31.5 Å². The van der Waals surface area contributed by atoms with Crippen LogP contribution in [0.15, 0.2) is 55.1 Å². The number of aromatic nitrogens is 3. The largest absolute Gasteiger partial charge is 0.372 e. The number of benzene rings is 1. The van der Waals surface area contributed by atoms with Crippen molar-refractivity contribution in [1.29, 1.82) is 0 Å². The van der Waals surface area contributed by atoms with E-state index in [0.717, 1.165) is 35.5 Å². The zero-order valence-corrected chi connectivity index (χ0v) is 20.3. The van der Waals surface area contributed by atoms with E-state index in [1.165, 1.54) is 0 Å². The topological polar surface area (TPSA) is 63.5 Å². The van der Waals surface area contributed by atoms with Gasteiger partial charge in [-0.25, -0.2) is 4.98 Å². The number of hydrogen-bond donors (Lipinski definition) is 0. The van der Waals surface area contributed by atoms with Gasteiger partial charge in [0.25, 0.3) is 0 Å². The molecule has 2 atom stereocenters. The van der Waals surface area contributed by atoms with Crippen LogP contribution in [0.25, 0.3) is 22.5 Å². The Balaban J connectivity index is 1.58. The van der Waals surface area contributed by atoms with Gasteiger partial charge >= 0.3 is 0 Å². The summed E-state index contributed by atoms with van der Waals surface area (Å²) in [5, 5.41) is 0.667. The summed E-state index contributed by atoms with van der Waals surface area (Å²) in [7, 11) is 5.93. The SMILES string of the molecule is CN(C)CC1(C)CC(N(C)C(=O)Cn2cnc(-c3ccc(Cl)cc3)c2-c2ccncc2)CO1. The minimum Gasteiger partial charge on any atom is -0.372 e. The van der Waals surface area contributed by atoms with Crippen molar-refractivity contribution in [3.8, 4) is 22.5 Å². The molecule has 0 N–H and O–H groups in total. The normalized spacial score (nSPS) is 20.4. The molecule has 7 nitrogen and oxygen atoms in total. The van der Waals surface area contributed by atoms with Gasteiger partial charge in [0.1, 0.15) is 6.54 Å². The van der Waals surface area contributed by atoms with Crippen LogP contribution in [0.3, 0.4) is 0 Å². The average Bonchev–Trinajstić information content (AvgIpc) is 3.37. The van der Waals surface area contributed by atoms with Crippen LogP contribution >= 0.6 is 11.6 Å². The van der Waals surface area contributed by atoms with E-state index in [-0.39, 0.29) is 24.1 Å². The van der Waals surface area contributed by atoms with Gasteiger partial charge in [-0.15, -0.1) is 0 Å². The fourth-order valence-electron chi connectivity index (χ4n) is 4.54. The molecule has 4 rings (SSSR count). The lowest BCUT2D eigenvalue weighted by atomic mass is 9.99. The van der Waals surface area contributed by atoms with Crippen LogP contribution in [0.2, 0.25) is 5.02 Å². The molecule has 1 aliphatic rings. The van der Waals surface area contributed by atoms with E-state index in [2.05, 4.69) is 21.8 Å². The predicted molar refractivity (Wildman–Crippen MR) is 130 cm³/mol. The molecule has 0 bridgehead atoms. The Labute approximate surface area is 200 Å². The van der Waals surface area contributed by atoms with Crippen molar-refractivity contribution in [3.63, 3.8) is 0 Å². The van der Waals surface area contributed by atoms with Crippen LogP contribution in [0.5, 0.6) is 0 Å². The molecule has 8 heteroatoms. The number of halogens is 1. The molecule has 1 aliphatic heterocycles. The monoisotopic (exact) mass is 467 g/mol. The second-order valence-electron chi connectivity index (χ2n) is 9.17. The molecule has 0 spiro atoms. The molecule has 3 heterocycles. The van der Waals surface area contributed by atoms with Gasteiger partial charge < -0.3 is 19.1 Å². The van der Waals surface area contributed by atoms with Crippen LogP contribution in [-0.2, 0) is 16.1 Å². The molecule has 3 aromatic rings. The van der Waals surface area contributed by atoms with Gasteiger partial charge in [-0.05, 0) is 45.3 Å². The Morgan fingerprint density at radius 3 is 2.52 bits per heavy atom. The van der Waals surface area contributed by atoms with E-state index in [9.17, 15) is 4.79 Å². The van der Waals surface area contributed by atoms with Gasteiger partial charge in [0.15, 0.2) is 0 Å². The highest BCUT2D eigenvalue weighted by Crippen LogP contribution is 2.32. The first-order chi connectivity index (χ1) is 15.8. The summed E-state index contributed by atoms with van der Waals surface area (Å²) >= 11 is 6.08. The first kappa shape index (κ1) is 23.4. The number of rotatable bonds is 7. The third kappa shape index (κ3) is 5.27. The van der Waals surface area contributed by atoms with Crippen molar-refractivity contribution in [2.75, 3.05) is 34.3 Å². The van der Waals surface area contributed by atoms with Crippen molar-refractivity contribution in [2.24, 2.45) is 0 Å². The van der Waals surface area contributed by atoms with E-state index in [0.29, 0.717) is 11.6 Å². The molecule has 2 aromatic heterocycles. The second-order valence-corrected chi connectivity index (χ2v) is 9.61. The highest BCUT2D eigenvalue weighted by atomic mass is 35.5. The lowest BCUT2D eigenvalue weighted by molar-refractivity contribution is -0.132. The lowest BCUT2D eigenvalue weighted by Gasteiger charge is -2.28. The van der Waals surface area contributed by atoms with Crippen LogP contribution < -0.4 is 0 Å². The first-order valence-electron chi connectivity index (χ1n) is 11.0. The number of carbonyl (C=O) groups excluding carboxylic acids is 1. The fourth-order valence-corrected chi connectivity index (χ4v) is 4.66. The summed E-state index contributed by atoms with van der Waals surface area (Å²) in [6, 6.07) is 11.5. The number of ether oxygens (including phenoxy) is 1. The van der Waals surface area contributed by atoms with Crippen LogP contribution in [0, 0.1) is 0 Å². The van der Waals surface area contributed by atoms with Gasteiger partial charge in [-0.1, -0.05) is 23.7 Å². The molecule has 1 aromatic carbocycles. The summed E-state index contributed by atoms with van der Waals surface area (Å²) < 4.78 is 7.99. The summed E-state index contributed by atoms with van der Waals surface area (Å²) in [5.74, 6) is 0.0214. The molecule has 2 unspecified atom stereocenters. The maximum atomic E-state index is 13.3. The van der Waals surface area contributed by atoms with E-state index < -0.39 is 0 Å². The number of carbonyl (C=O) groups is 1. The lowest BCUT2D eigenvalue weighted by Crippen LogP contribution is -2.41. The van der Waals surface area contributed by atoms with Gasteiger partial charge in [-0.3, -0.25) is 9.78 Å². The van der Waals surface area contributed by atoms with Crippen molar-refractivity contribution in [3.05, 3.63) is 60.1 Å². The minimum atomic E-state index is -0.248. The van der Waals surface area contributed by atoms with E-state index in [1.807, 2.05) is 67.0 Å². The van der Waals surface area contributed by atoms with Crippen molar-refractivity contribution < 1.29 is 9.53 Å². The quantitative estimate of drug-likeness (QED) is 0.528. The predicted octanol–water partition coefficient (Wildman–Crippen LogP) is 3.83. The maximum absolute atomic E-state index is 13.3. The van der Waals surface area contributed by atoms with E-state index in [1.54, 1.807) is 18.7 Å². The fraction of sp³-hybridized carbons (Fsp3) is 0.400. The Bertz CT molecular complexity index is 1100. The number of likely N-dealkylation sites (N-methyl/N-ethyl adjacent to an activating group) is 2. The molecule has 0 radical (unpaired) electrons. The molecule has 0 saturated carbocycles. The molecule has 1 amide bonds. The van der Waals surface area contributed by atoms with Gasteiger partial charge in [0.05, 0.1) is 36.0 Å². The number of imidazole rings is 1. The third-order valence-corrected chi connectivity index (χ3v) is 6.35. The Hall–Kier alpha value is -2.74. The smallest absolute Gasteiger partial charge is 0.242 e. The molecule has 174 valence electrons. The summed E-state index contributed by atoms with van der Waals surface area (Å²) in [6.45, 7) is 3.67. The van der Waals surface area contributed by atoms with Crippen LogP contribution in [0.4, 0.5) is 0 Å². The number of nitrogens with zero attached hydrogens (tertiary/aromatic N) is 5. The number of pyridine rings is 1. The molecule has 1 saturated heterocycles. The zero-order valence-electron chi connectivity index (χ0n) is 19.5. The average molecular weight is 468 g/mol. The standard InChI is InChI=1S/C25H30ClN5O2/c1-25(16-29(2)3)13-21(15-33-25)30(4)22(32)14-31-17-28-23(18-5-7-20(26)8-6-18)24(31)19-9-11-27-12-10-19/h5-12,17,21H,13-16H2,1-4H3. The molecule has 1 fully saturated rings. The highest BCUT2D eigenvalue weighted by molar-refractivity contribution is 6.30. The highest BCUT2D eigenvalue weighted by Gasteiger charge is 2.39. The zero-order chi connectivity index (χ0) is 23.6. The summed E-state index contributed by atoms with van der Waals surface area (Å²) in [4.78, 5) is 26.0. The van der Waals surface area contributed by atoms with Crippen LogP contribution in [0.1, 0.15) is 13.3 Å². The molecular weight excluding hydrogens is 438 g/mol. The van der Waals surface area contributed by atoms with Crippen molar-refractivity contribution >= 4 is 17.5 Å². The molecule has 33 heavy (non-hydrogen) atoms. The summed E-state index contributed by atoms with van der Waals surface area (Å²) in [6.07, 6.45) is 6.03. The van der Waals surface area contributed by atoms with E-state index in [4.69, 9.17) is 16.3 Å². The Morgan fingerprint density at radius 2 is 1.85 bits per heavy atom. The number of hydrogen-bond acceptors (Lipinski definition) is 5. The summed E-state index contributed by atoms with van der Waals surface area (Å²) in [5.41, 5.74) is 3.32. The maximum Gasteiger partial charge on any atom is 0.242 e. The third-order valence-electron chi connectivity index (χ3n) is 6.10. The van der Waals surface area contributed by atoms with Gasteiger partial charge in [0, 0.05) is 48.6 Å². The van der Waals surface area contributed by atoms with Gasteiger partial charge in [0.2, 0.25) is 5.91 Å². The Kier molecular flexibility index (Phi) is 6.83. The van der Waals surface area contributed by atoms with E-state index >= 15 is 0 Å². The first-order valence-corrected chi connectivity index (χ1v) is 11.4. The second kappa shape index (κ2) is 9.63. The van der Waals surface area contributed by atoms with Crippen LogP contribution in [-0.4, -0.2) is 76.2 Å². The molecule has 0 aliphatic carbocycles. The number of amides is 1.